The topological polar surface area (TPSA) is 49.0 Å². The fourth-order valence-corrected chi connectivity index (χ4v) is 4.74. The van der Waals surface area contributed by atoms with Crippen molar-refractivity contribution in [3.05, 3.63) is 61.2 Å². The maximum atomic E-state index is 12.7. The van der Waals surface area contributed by atoms with Crippen molar-refractivity contribution in [3.8, 4) is 0 Å². The molecular weight excluding hydrogens is 369 g/mol. The van der Waals surface area contributed by atoms with Crippen LogP contribution >= 0.6 is 23.2 Å². The molecule has 1 aromatic heterocycles. The third-order valence-corrected chi connectivity index (χ3v) is 5.92. The van der Waals surface area contributed by atoms with Crippen LogP contribution in [0.4, 0.5) is 0 Å². The molecule has 0 radical (unpaired) electrons. The third-order valence-electron chi connectivity index (χ3n) is 5.49. The van der Waals surface area contributed by atoms with Gasteiger partial charge >= 0.3 is 0 Å². The van der Waals surface area contributed by atoms with E-state index in [9.17, 15) is 4.79 Å². The van der Waals surface area contributed by atoms with E-state index in [1.165, 1.54) is 19.3 Å². The molecule has 1 fully saturated rings. The molecule has 1 aromatic carbocycles. The second-order valence-electron chi connectivity index (χ2n) is 7.45. The lowest BCUT2D eigenvalue weighted by Crippen LogP contribution is -2.36. The molecule has 0 amide bonds. The summed E-state index contributed by atoms with van der Waals surface area (Å²) in [5, 5.41) is 1.28. The lowest BCUT2D eigenvalue weighted by atomic mass is 9.88. The molecule has 2 heterocycles. The van der Waals surface area contributed by atoms with Gasteiger partial charge in [-0.25, -0.2) is 4.98 Å². The Morgan fingerprint density at radius 2 is 1.85 bits per heavy atom. The molecule has 0 atom stereocenters. The van der Waals surface area contributed by atoms with Crippen molar-refractivity contribution in [2.75, 3.05) is 6.54 Å². The van der Waals surface area contributed by atoms with Crippen LogP contribution in [0.3, 0.4) is 0 Å². The predicted octanol–water partition coefficient (Wildman–Crippen LogP) is 4.68. The van der Waals surface area contributed by atoms with Gasteiger partial charge in [0.1, 0.15) is 5.82 Å². The van der Waals surface area contributed by atoms with Gasteiger partial charge in [0, 0.05) is 42.0 Å². The molecule has 1 N–H and O–H groups in total. The number of hydrogen-bond donors (Lipinski definition) is 1. The monoisotopic (exact) mass is 391 g/mol. The van der Waals surface area contributed by atoms with Crippen LogP contribution in [0.2, 0.25) is 10.0 Å². The van der Waals surface area contributed by atoms with Crippen LogP contribution in [-0.4, -0.2) is 21.4 Å². The zero-order chi connectivity index (χ0) is 18.1. The Balaban J connectivity index is 1.52. The summed E-state index contributed by atoms with van der Waals surface area (Å²) in [4.78, 5) is 22.8. The maximum absolute atomic E-state index is 12.7. The first-order valence-electron chi connectivity index (χ1n) is 9.38. The Labute approximate surface area is 163 Å². The molecule has 1 saturated carbocycles. The first-order valence-corrected chi connectivity index (χ1v) is 10.1. The van der Waals surface area contributed by atoms with E-state index in [-0.39, 0.29) is 5.56 Å². The first-order chi connectivity index (χ1) is 12.6. The molecule has 0 spiro atoms. The Morgan fingerprint density at radius 3 is 2.58 bits per heavy atom. The van der Waals surface area contributed by atoms with Gasteiger partial charge in [0.25, 0.3) is 5.56 Å². The first kappa shape index (κ1) is 18.0. The van der Waals surface area contributed by atoms with E-state index in [4.69, 9.17) is 28.2 Å². The van der Waals surface area contributed by atoms with Gasteiger partial charge in [-0.05, 0) is 36.6 Å². The van der Waals surface area contributed by atoms with E-state index in [0.717, 1.165) is 55.0 Å². The Morgan fingerprint density at radius 1 is 1.12 bits per heavy atom. The number of H-pyrrole nitrogens is 1. The van der Waals surface area contributed by atoms with E-state index in [0.29, 0.717) is 22.5 Å². The highest BCUT2D eigenvalue weighted by Crippen LogP contribution is 2.31. The van der Waals surface area contributed by atoms with Crippen molar-refractivity contribution < 1.29 is 0 Å². The second kappa shape index (κ2) is 7.71. The summed E-state index contributed by atoms with van der Waals surface area (Å²) in [6, 6.07) is 5.59. The highest BCUT2D eigenvalue weighted by atomic mass is 35.5. The number of halogens is 2. The van der Waals surface area contributed by atoms with Crippen LogP contribution in [0.25, 0.3) is 0 Å². The molecule has 4 rings (SSSR count). The minimum absolute atomic E-state index is 0.0319. The summed E-state index contributed by atoms with van der Waals surface area (Å²) in [7, 11) is 0. The van der Waals surface area contributed by atoms with E-state index >= 15 is 0 Å². The lowest BCUT2D eigenvalue weighted by molar-refractivity contribution is 0.241. The van der Waals surface area contributed by atoms with Crippen molar-refractivity contribution in [1.82, 2.24) is 14.9 Å². The normalized spacial score (nSPS) is 18.7. The summed E-state index contributed by atoms with van der Waals surface area (Å²) in [5.74, 6) is 1.33. The minimum atomic E-state index is 0.0319. The summed E-state index contributed by atoms with van der Waals surface area (Å²) in [5.41, 5.74) is 2.89. The largest absolute Gasteiger partial charge is 0.310 e. The Bertz CT molecular complexity index is 838. The van der Waals surface area contributed by atoms with Crippen LogP contribution in [0.1, 0.15) is 60.7 Å². The lowest BCUT2D eigenvalue weighted by Gasteiger charge is -2.29. The molecule has 1 aliphatic carbocycles. The zero-order valence-corrected chi connectivity index (χ0v) is 16.2. The average Bonchev–Trinajstić information content (AvgIpc) is 2.62. The van der Waals surface area contributed by atoms with Crippen LogP contribution in [-0.2, 0) is 19.5 Å². The van der Waals surface area contributed by atoms with E-state index in [1.54, 1.807) is 6.07 Å². The van der Waals surface area contributed by atoms with Gasteiger partial charge in [0.15, 0.2) is 0 Å². The van der Waals surface area contributed by atoms with Crippen molar-refractivity contribution in [3.63, 3.8) is 0 Å². The maximum Gasteiger partial charge on any atom is 0.255 e. The number of benzene rings is 1. The molecule has 0 unspecified atom stereocenters. The van der Waals surface area contributed by atoms with Crippen LogP contribution in [0.5, 0.6) is 0 Å². The quantitative estimate of drug-likeness (QED) is 0.825. The molecule has 0 bridgehead atoms. The van der Waals surface area contributed by atoms with Gasteiger partial charge in [-0.2, -0.15) is 0 Å². The molecule has 2 aromatic rings. The van der Waals surface area contributed by atoms with Crippen molar-refractivity contribution in [2.24, 2.45) is 0 Å². The fraction of sp³-hybridized carbons (Fsp3) is 0.500. The summed E-state index contributed by atoms with van der Waals surface area (Å²) in [6.07, 6.45) is 6.87. The fourth-order valence-electron chi connectivity index (χ4n) is 4.16. The molecule has 0 saturated heterocycles. The van der Waals surface area contributed by atoms with Gasteiger partial charge in [-0.1, -0.05) is 42.5 Å². The van der Waals surface area contributed by atoms with Crippen molar-refractivity contribution >= 4 is 23.2 Å². The molecule has 6 heteroatoms. The van der Waals surface area contributed by atoms with Crippen molar-refractivity contribution in [2.45, 2.75) is 57.5 Å². The average molecular weight is 392 g/mol. The van der Waals surface area contributed by atoms with Crippen LogP contribution < -0.4 is 5.56 Å². The number of aromatic amines is 1. The van der Waals surface area contributed by atoms with Crippen LogP contribution in [0.15, 0.2) is 23.0 Å². The van der Waals surface area contributed by atoms with Gasteiger partial charge in [0.2, 0.25) is 0 Å². The predicted molar refractivity (Wildman–Crippen MR) is 105 cm³/mol. The number of hydrogen-bond acceptors (Lipinski definition) is 3. The number of aromatic nitrogens is 2. The summed E-state index contributed by atoms with van der Waals surface area (Å²) < 4.78 is 0. The van der Waals surface area contributed by atoms with Gasteiger partial charge < -0.3 is 4.98 Å². The SMILES string of the molecule is O=c1[nH]c(C2CCCCC2)nc2c1CN(Cc1cc(Cl)cc(Cl)c1)CC2. The number of fused-ring (bicyclic) bond motifs is 1. The third kappa shape index (κ3) is 3.98. The summed E-state index contributed by atoms with van der Waals surface area (Å²) >= 11 is 12.2. The number of nitrogens with one attached hydrogen (secondary N) is 1. The molecular formula is C20H23Cl2N3O. The smallest absolute Gasteiger partial charge is 0.255 e. The Hall–Kier alpha value is -1.36. The highest BCUT2D eigenvalue weighted by Gasteiger charge is 2.24. The Kier molecular flexibility index (Phi) is 5.35. The van der Waals surface area contributed by atoms with Crippen LogP contribution in [0, 0.1) is 0 Å². The highest BCUT2D eigenvalue weighted by molar-refractivity contribution is 6.34. The minimum Gasteiger partial charge on any atom is -0.310 e. The molecule has 2 aliphatic rings. The standard InChI is InChI=1S/C20H23Cl2N3O/c21-15-8-13(9-16(22)10-15)11-25-7-6-18-17(12-25)20(26)24-19(23-18)14-4-2-1-3-5-14/h8-10,14H,1-7,11-12H2,(H,23,24,26). The second-order valence-corrected chi connectivity index (χ2v) is 8.32. The number of rotatable bonds is 3. The van der Waals surface area contributed by atoms with Crippen molar-refractivity contribution in [1.29, 1.82) is 0 Å². The molecule has 26 heavy (non-hydrogen) atoms. The number of nitrogens with zero attached hydrogens (tertiary/aromatic N) is 2. The molecule has 138 valence electrons. The van der Waals surface area contributed by atoms with E-state index in [1.807, 2.05) is 12.1 Å². The van der Waals surface area contributed by atoms with Gasteiger partial charge in [-0.3, -0.25) is 9.69 Å². The van der Waals surface area contributed by atoms with Gasteiger partial charge in [-0.15, -0.1) is 0 Å². The summed E-state index contributed by atoms with van der Waals surface area (Å²) in [6.45, 7) is 2.23. The van der Waals surface area contributed by atoms with E-state index in [2.05, 4.69) is 9.88 Å². The zero-order valence-electron chi connectivity index (χ0n) is 14.7. The van der Waals surface area contributed by atoms with E-state index < -0.39 is 0 Å². The van der Waals surface area contributed by atoms with Gasteiger partial charge in [0.05, 0.1) is 11.3 Å². The molecule has 1 aliphatic heterocycles. The molecule has 4 nitrogen and oxygen atoms in total.